The molecule has 1 amide bonds. The number of methoxy groups -OCH3 is 1. The highest BCUT2D eigenvalue weighted by Crippen LogP contribution is 2.35. The fraction of sp³-hybridized carbons (Fsp3) is 0.190. The molecule has 3 aromatic rings. The van der Waals surface area contributed by atoms with E-state index >= 15 is 0 Å². The molecule has 0 bridgehead atoms. The number of fused-ring (bicyclic) bond motifs is 1. The Hall–Kier alpha value is -3.13. The summed E-state index contributed by atoms with van der Waals surface area (Å²) < 4.78 is 18.5. The summed E-state index contributed by atoms with van der Waals surface area (Å²) in [6, 6.07) is 13.5. The molecule has 1 unspecified atom stereocenters. The van der Waals surface area contributed by atoms with Crippen LogP contribution in [0.1, 0.15) is 29.0 Å². The molecule has 0 aliphatic carbocycles. The van der Waals surface area contributed by atoms with E-state index in [1.165, 1.54) is 23.9 Å². The lowest BCUT2D eigenvalue weighted by Gasteiger charge is -2.24. The molecule has 1 aliphatic heterocycles. The molecule has 0 radical (unpaired) electrons. The normalized spacial score (nSPS) is 15.5. The molecule has 0 spiro atoms. The number of nitrogens with one attached hydrogen (secondary N) is 2. The molecular formula is C21H18FN3O3S. The summed E-state index contributed by atoms with van der Waals surface area (Å²) in [6.07, 6.45) is 0.167. The lowest BCUT2D eigenvalue weighted by atomic mass is 9.87. The van der Waals surface area contributed by atoms with E-state index in [-0.39, 0.29) is 35.4 Å². The van der Waals surface area contributed by atoms with Gasteiger partial charge in [-0.1, -0.05) is 36.0 Å². The molecule has 6 nitrogen and oxygen atoms in total. The highest BCUT2D eigenvalue weighted by atomic mass is 32.2. The van der Waals surface area contributed by atoms with Crippen LogP contribution in [0.4, 0.5) is 10.2 Å². The summed E-state index contributed by atoms with van der Waals surface area (Å²) >= 11 is 1.27. The zero-order valence-corrected chi connectivity index (χ0v) is 16.4. The van der Waals surface area contributed by atoms with Gasteiger partial charge in [0.2, 0.25) is 5.91 Å². The maximum Gasteiger partial charge on any atom is 0.257 e. The largest absolute Gasteiger partial charge is 0.497 e. The fourth-order valence-corrected chi connectivity index (χ4v) is 4.12. The van der Waals surface area contributed by atoms with Gasteiger partial charge in [-0.25, -0.2) is 9.37 Å². The average molecular weight is 411 g/mol. The topological polar surface area (TPSA) is 84.1 Å². The third kappa shape index (κ3) is 4.17. The van der Waals surface area contributed by atoms with Gasteiger partial charge in [0.15, 0.2) is 5.16 Å². The van der Waals surface area contributed by atoms with Crippen molar-refractivity contribution in [1.29, 1.82) is 0 Å². The van der Waals surface area contributed by atoms with E-state index in [4.69, 9.17) is 4.74 Å². The first-order chi connectivity index (χ1) is 14.0. The summed E-state index contributed by atoms with van der Waals surface area (Å²) in [4.78, 5) is 32.3. The van der Waals surface area contributed by atoms with Crippen LogP contribution in [0, 0.1) is 5.82 Å². The molecule has 1 atom stereocenters. The molecule has 0 saturated heterocycles. The number of thioether (sulfide) groups is 1. The lowest BCUT2D eigenvalue weighted by Crippen LogP contribution is -2.31. The van der Waals surface area contributed by atoms with Crippen LogP contribution >= 0.6 is 11.8 Å². The van der Waals surface area contributed by atoms with E-state index in [0.717, 1.165) is 11.1 Å². The number of amides is 1. The Bertz CT molecular complexity index is 1110. The smallest absolute Gasteiger partial charge is 0.257 e. The molecule has 2 heterocycles. The van der Waals surface area contributed by atoms with E-state index in [9.17, 15) is 14.0 Å². The number of nitrogens with zero attached hydrogens (tertiary/aromatic N) is 1. The van der Waals surface area contributed by atoms with Crippen molar-refractivity contribution >= 4 is 23.5 Å². The van der Waals surface area contributed by atoms with Gasteiger partial charge >= 0.3 is 0 Å². The van der Waals surface area contributed by atoms with Crippen LogP contribution in [-0.2, 0) is 10.5 Å². The number of hydrogen-bond acceptors (Lipinski definition) is 5. The van der Waals surface area contributed by atoms with Gasteiger partial charge in [-0.05, 0) is 35.4 Å². The number of benzene rings is 2. The monoisotopic (exact) mass is 411 g/mol. The maximum atomic E-state index is 13.3. The maximum absolute atomic E-state index is 13.3. The first kappa shape index (κ1) is 19.2. The second kappa shape index (κ2) is 8.08. The Morgan fingerprint density at radius 1 is 1.21 bits per heavy atom. The Labute approximate surface area is 170 Å². The molecule has 8 heteroatoms. The second-order valence-electron chi connectivity index (χ2n) is 6.63. The van der Waals surface area contributed by atoms with Crippen molar-refractivity contribution in [3.8, 4) is 5.75 Å². The minimum absolute atomic E-state index is 0.167. The first-order valence-electron chi connectivity index (χ1n) is 8.99. The standard InChI is InChI=1S/C21H18FN3O3S/c1-28-15-7-5-13(6-8-15)16-10-17(26)23-19-18(16)20(27)25-21(24-19)29-11-12-3-2-4-14(22)9-12/h2-9,16H,10-11H2,1H3,(H2,23,24,25,26,27). The van der Waals surface area contributed by atoms with Crippen LogP contribution in [0.5, 0.6) is 5.75 Å². The van der Waals surface area contributed by atoms with Gasteiger partial charge < -0.3 is 15.0 Å². The first-order valence-corrected chi connectivity index (χ1v) is 9.97. The molecule has 148 valence electrons. The van der Waals surface area contributed by atoms with Gasteiger partial charge in [0.25, 0.3) is 5.56 Å². The minimum Gasteiger partial charge on any atom is -0.497 e. The quantitative estimate of drug-likeness (QED) is 0.494. The van der Waals surface area contributed by atoms with Crippen LogP contribution in [0.25, 0.3) is 0 Å². The van der Waals surface area contributed by atoms with Crippen LogP contribution in [0.2, 0.25) is 0 Å². The number of anilines is 1. The third-order valence-corrected chi connectivity index (χ3v) is 5.66. The number of aromatic nitrogens is 2. The molecule has 2 N–H and O–H groups in total. The number of hydrogen-bond donors (Lipinski definition) is 2. The van der Waals surface area contributed by atoms with E-state index in [2.05, 4.69) is 15.3 Å². The van der Waals surface area contributed by atoms with Gasteiger partial charge in [0.1, 0.15) is 17.4 Å². The zero-order valence-electron chi connectivity index (χ0n) is 15.6. The number of aromatic amines is 1. The fourth-order valence-electron chi connectivity index (χ4n) is 3.32. The predicted octanol–water partition coefficient (Wildman–Crippen LogP) is 3.68. The molecule has 4 rings (SSSR count). The number of halogens is 1. The van der Waals surface area contributed by atoms with E-state index < -0.39 is 0 Å². The van der Waals surface area contributed by atoms with E-state index in [1.807, 2.05) is 12.1 Å². The van der Waals surface area contributed by atoms with Crippen molar-refractivity contribution in [3.63, 3.8) is 0 Å². The number of rotatable bonds is 5. The van der Waals surface area contributed by atoms with Crippen LogP contribution < -0.4 is 15.6 Å². The van der Waals surface area contributed by atoms with Crippen molar-refractivity contribution in [3.05, 3.63) is 81.4 Å². The second-order valence-corrected chi connectivity index (χ2v) is 7.59. The predicted molar refractivity (Wildman–Crippen MR) is 109 cm³/mol. The van der Waals surface area contributed by atoms with E-state index in [0.29, 0.717) is 22.2 Å². The Balaban J connectivity index is 1.63. The Kier molecular flexibility index (Phi) is 5.35. The Morgan fingerprint density at radius 3 is 2.72 bits per heavy atom. The molecule has 2 aromatic carbocycles. The van der Waals surface area contributed by atoms with Crippen LogP contribution in [0.3, 0.4) is 0 Å². The van der Waals surface area contributed by atoms with Gasteiger partial charge in [-0.2, -0.15) is 0 Å². The molecular weight excluding hydrogens is 393 g/mol. The summed E-state index contributed by atoms with van der Waals surface area (Å²) in [5, 5.41) is 3.07. The third-order valence-electron chi connectivity index (χ3n) is 4.71. The van der Waals surface area contributed by atoms with Crippen LogP contribution in [-0.4, -0.2) is 23.0 Å². The Morgan fingerprint density at radius 2 is 2.00 bits per heavy atom. The highest BCUT2D eigenvalue weighted by molar-refractivity contribution is 7.98. The lowest BCUT2D eigenvalue weighted by molar-refractivity contribution is -0.116. The SMILES string of the molecule is COc1ccc(C2CC(=O)Nc3nc(SCc4cccc(F)c4)[nH]c(=O)c32)cc1. The number of carbonyl (C=O) groups excluding carboxylic acids is 1. The zero-order chi connectivity index (χ0) is 20.4. The summed E-state index contributed by atoms with van der Waals surface area (Å²) in [6.45, 7) is 0. The summed E-state index contributed by atoms with van der Waals surface area (Å²) in [5.41, 5.74) is 1.76. The van der Waals surface area contributed by atoms with Crippen molar-refractivity contribution in [2.45, 2.75) is 23.2 Å². The van der Waals surface area contributed by atoms with Crippen molar-refractivity contribution in [2.75, 3.05) is 12.4 Å². The van der Waals surface area contributed by atoms with Crippen molar-refractivity contribution in [2.24, 2.45) is 0 Å². The molecule has 1 aliphatic rings. The summed E-state index contributed by atoms with van der Waals surface area (Å²) in [7, 11) is 1.58. The minimum atomic E-state index is -0.386. The van der Waals surface area contributed by atoms with Gasteiger partial charge in [-0.15, -0.1) is 0 Å². The average Bonchev–Trinajstić information content (AvgIpc) is 2.71. The van der Waals surface area contributed by atoms with Crippen molar-refractivity contribution < 1.29 is 13.9 Å². The van der Waals surface area contributed by atoms with Gasteiger partial charge in [0, 0.05) is 18.1 Å². The molecule has 29 heavy (non-hydrogen) atoms. The van der Waals surface area contributed by atoms with Gasteiger partial charge in [0.05, 0.1) is 12.7 Å². The molecule has 0 saturated carbocycles. The van der Waals surface area contributed by atoms with Gasteiger partial charge in [-0.3, -0.25) is 9.59 Å². The molecule has 1 aromatic heterocycles. The van der Waals surface area contributed by atoms with Crippen LogP contribution in [0.15, 0.2) is 58.5 Å². The highest BCUT2D eigenvalue weighted by Gasteiger charge is 2.31. The number of carbonyl (C=O) groups is 1. The number of H-pyrrole nitrogens is 1. The summed E-state index contributed by atoms with van der Waals surface area (Å²) in [5.74, 6) is 0.512. The number of ether oxygens (including phenoxy) is 1. The van der Waals surface area contributed by atoms with Crippen molar-refractivity contribution in [1.82, 2.24) is 9.97 Å². The van der Waals surface area contributed by atoms with E-state index in [1.54, 1.807) is 31.4 Å². The molecule has 0 fully saturated rings.